The van der Waals surface area contributed by atoms with E-state index in [-0.39, 0.29) is 24.5 Å². The first kappa shape index (κ1) is 14.0. The Morgan fingerprint density at radius 3 is 2.86 bits per heavy atom. The highest BCUT2D eigenvalue weighted by molar-refractivity contribution is 5.49. The molecule has 112 valence electrons. The van der Waals surface area contributed by atoms with E-state index in [1.165, 1.54) is 29.2 Å². The Bertz CT molecular complexity index is 815. The molecule has 0 saturated heterocycles. The van der Waals surface area contributed by atoms with E-state index < -0.39 is 5.82 Å². The Balaban J connectivity index is 1.71. The lowest BCUT2D eigenvalue weighted by atomic mass is 10.3. The second-order valence-corrected chi connectivity index (χ2v) is 4.47. The summed E-state index contributed by atoms with van der Waals surface area (Å²) in [6.07, 6.45) is 2.81. The first-order valence-electron chi connectivity index (χ1n) is 6.58. The van der Waals surface area contributed by atoms with E-state index in [0.29, 0.717) is 11.5 Å². The Morgan fingerprint density at radius 2 is 2.09 bits per heavy atom. The van der Waals surface area contributed by atoms with Gasteiger partial charge in [-0.25, -0.2) is 4.39 Å². The molecule has 0 aliphatic carbocycles. The van der Waals surface area contributed by atoms with Gasteiger partial charge in [-0.15, -0.1) is 10.2 Å². The summed E-state index contributed by atoms with van der Waals surface area (Å²) in [5.74, 6) is 0.0434. The summed E-state index contributed by atoms with van der Waals surface area (Å²) >= 11 is 0. The fourth-order valence-electron chi connectivity index (χ4n) is 1.95. The number of nitrogens with zero attached hydrogens (tertiary/aromatic N) is 3. The molecule has 2 heterocycles. The summed E-state index contributed by atoms with van der Waals surface area (Å²) in [5.41, 5.74) is 0.434. The van der Waals surface area contributed by atoms with Gasteiger partial charge in [0.1, 0.15) is 6.61 Å². The van der Waals surface area contributed by atoms with E-state index in [4.69, 9.17) is 9.15 Å². The number of ether oxygens (including phenoxy) is 1. The molecule has 22 heavy (non-hydrogen) atoms. The van der Waals surface area contributed by atoms with Gasteiger partial charge in [0.15, 0.2) is 11.6 Å². The van der Waals surface area contributed by atoms with Crippen LogP contribution in [0.15, 0.2) is 58.2 Å². The Morgan fingerprint density at radius 1 is 1.23 bits per heavy atom. The summed E-state index contributed by atoms with van der Waals surface area (Å²) in [6, 6.07) is 9.12. The van der Waals surface area contributed by atoms with Crippen molar-refractivity contribution in [1.29, 1.82) is 0 Å². The highest BCUT2D eigenvalue weighted by atomic mass is 19.1. The molecule has 7 heteroatoms. The van der Waals surface area contributed by atoms with Crippen molar-refractivity contribution in [2.45, 2.75) is 6.54 Å². The van der Waals surface area contributed by atoms with E-state index in [9.17, 15) is 9.18 Å². The van der Waals surface area contributed by atoms with Crippen LogP contribution in [0.25, 0.3) is 11.5 Å². The summed E-state index contributed by atoms with van der Waals surface area (Å²) in [5, 5.41) is 7.38. The van der Waals surface area contributed by atoms with Crippen LogP contribution in [0.1, 0.15) is 0 Å². The summed E-state index contributed by atoms with van der Waals surface area (Å²) in [6.45, 7) is 0.434. The molecule has 0 spiro atoms. The van der Waals surface area contributed by atoms with Crippen LogP contribution < -0.4 is 10.3 Å². The average molecular weight is 301 g/mol. The number of hydrogen-bond donors (Lipinski definition) is 0. The molecular formula is C15H12FN3O3. The van der Waals surface area contributed by atoms with Crippen molar-refractivity contribution < 1.29 is 13.5 Å². The first-order valence-corrected chi connectivity index (χ1v) is 6.58. The highest BCUT2D eigenvalue weighted by Crippen LogP contribution is 2.16. The minimum absolute atomic E-state index is 0.156. The molecule has 0 saturated carbocycles. The lowest BCUT2D eigenvalue weighted by Gasteiger charge is -2.09. The zero-order chi connectivity index (χ0) is 15.4. The predicted octanol–water partition coefficient (Wildman–Crippen LogP) is 2.12. The van der Waals surface area contributed by atoms with Gasteiger partial charge in [-0.3, -0.25) is 4.79 Å². The lowest BCUT2D eigenvalue weighted by molar-refractivity contribution is 0.283. The number of benzene rings is 1. The van der Waals surface area contributed by atoms with Crippen molar-refractivity contribution in [1.82, 2.24) is 14.8 Å². The third-order valence-electron chi connectivity index (χ3n) is 3.02. The average Bonchev–Trinajstić information content (AvgIpc) is 3.05. The van der Waals surface area contributed by atoms with Gasteiger partial charge in [0.2, 0.25) is 12.3 Å². The van der Waals surface area contributed by atoms with Gasteiger partial charge in [0.05, 0.1) is 12.1 Å². The second kappa shape index (κ2) is 6.21. The maximum Gasteiger partial charge on any atom is 0.250 e. The second-order valence-electron chi connectivity index (χ2n) is 4.47. The van der Waals surface area contributed by atoms with Crippen molar-refractivity contribution in [2.75, 3.05) is 6.61 Å². The van der Waals surface area contributed by atoms with Crippen LogP contribution in [0.3, 0.4) is 0 Å². The predicted molar refractivity (Wildman–Crippen MR) is 75.9 cm³/mol. The van der Waals surface area contributed by atoms with Gasteiger partial charge >= 0.3 is 0 Å². The Kier molecular flexibility index (Phi) is 3.95. The van der Waals surface area contributed by atoms with Gasteiger partial charge < -0.3 is 13.7 Å². The molecule has 0 bridgehead atoms. The quantitative estimate of drug-likeness (QED) is 0.722. The molecule has 3 rings (SSSR count). The van der Waals surface area contributed by atoms with Crippen LogP contribution in [-0.2, 0) is 6.54 Å². The van der Waals surface area contributed by atoms with Crippen molar-refractivity contribution in [2.24, 2.45) is 0 Å². The molecular weight excluding hydrogens is 289 g/mol. The zero-order valence-corrected chi connectivity index (χ0v) is 11.5. The van der Waals surface area contributed by atoms with Crippen LogP contribution in [0, 0.1) is 5.82 Å². The molecule has 0 radical (unpaired) electrons. The zero-order valence-electron chi connectivity index (χ0n) is 11.5. The molecule has 6 nitrogen and oxygen atoms in total. The number of pyridine rings is 1. The number of hydrogen-bond acceptors (Lipinski definition) is 5. The number of para-hydroxylation sites is 1. The maximum absolute atomic E-state index is 13.4. The topological polar surface area (TPSA) is 70.2 Å². The van der Waals surface area contributed by atoms with Crippen molar-refractivity contribution in [3.63, 3.8) is 0 Å². The van der Waals surface area contributed by atoms with Crippen molar-refractivity contribution >= 4 is 0 Å². The molecule has 0 aliphatic rings. The van der Waals surface area contributed by atoms with E-state index in [2.05, 4.69) is 10.2 Å². The van der Waals surface area contributed by atoms with E-state index in [1.807, 2.05) is 0 Å². The monoisotopic (exact) mass is 301 g/mol. The Labute approximate surface area is 124 Å². The van der Waals surface area contributed by atoms with E-state index in [1.54, 1.807) is 24.4 Å². The minimum atomic E-state index is -0.436. The number of aromatic nitrogens is 3. The van der Waals surface area contributed by atoms with Gasteiger partial charge in [-0.05, 0) is 18.2 Å². The standard InChI is InChI=1S/C15H12FN3O3/c16-12-3-1-2-4-13(12)21-8-7-19-9-11(5-6-14(19)20)15-18-17-10-22-15/h1-6,9-10H,7-8H2. The van der Waals surface area contributed by atoms with Gasteiger partial charge in [0.25, 0.3) is 5.56 Å². The van der Waals surface area contributed by atoms with Gasteiger partial charge in [-0.2, -0.15) is 0 Å². The lowest BCUT2D eigenvalue weighted by Crippen LogP contribution is -2.22. The van der Waals surface area contributed by atoms with Crippen molar-refractivity contribution in [3.05, 3.63) is 65.2 Å². The highest BCUT2D eigenvalue weighted by Gasteiger charge is 2.07. The molecule has 2 aromatic heterocycles. The van der Waals surface area contributed by atoms with Crippen LogP contribution >= 0.6 is 0 Å². The fraction of sp³-hybridized carbons (Fsp3) is 0.133. The Hall–Kier alpha value is -2.96. The van der Waals surface area contributed by atoms with Gasteiger partial charge in [-0.1, -0.05) is 12.1 Å². The van der Waals surface area contributed by atoms with Crippen LogP contribution in [0.5, 0.6) is 5.75 Å². The molecule has 3 aromatic rings. The molecule has 0 fully saturated rings. The molecule has 0 unspecified atom stereocenters. The SMILES string of the molecule is O=c1ccc(-c2nnco2)cn1CCOc1ccccc1F. The molecule has 1 aromatic carbocycles. The molecule has 0 aliphatic heterocycles. The third kappa shape index (κ3) is 3.03. The summed E-state index contributed by atoms with van der Waals surface area (Å²) < 4.78 is 25.3. The first-order chi connectivity index (χ1) is 10.7. The normalized spacial score (nSPS) is 10.6. The fourth-order valence-corrected chi connectivity index (χ4v) is 1.95. The molecule has 0 atom stereocenters. The third-order valence-corrected chi connectivity index (χ3v) is 3.02. The minimum Gasteiger partial charge on any atom is -0.489 e. The van der Waals surface area contributed by atoms with E-state index >= 15 is 0 Å². The molecule has 0 amide bonds. The van der Waals surface area contributed by atoms with E-state index in [0.717, 1.165) is 0 Å². The van der Waals surface area contributed by atoms with Crippen molar-refractivity contribution in [3.8, 4) is 17.2 Å². The van der Waals surface area contributed by atoms with Crippen LogP contribution in [0.4, 0.5) is 4.39 Å². The van der Waals surface area contributed by atoms with Crippen LogP contribution in [-0.4, -0.2) is 21.4 Å². The largest absolute Gasteiger partial charge is 0.489 e. The smallest absolute Gasteiger partial charge is 0.250 e. The molecule has 0 N–H and O–H groups in total. The van der Waals surface area contributed by atoms with Gasteiger partial charge in [0, 0.05) is 12.3 Å². The summed E-state index contributed by atoms with van der Waals surface area (Å²) in [7, 11) is 0. The maximum atomic E-state index is 13.4. The number of halogens is 1. The number of rotatable bonds is 5. The summed E-state index contributed by atoms with van der Waals surface area (Å²) in [4.78, 5) is 11.8. The van der Waals surface area contributed by atoms with Crippen LogP contribution in [0.2, 0.25) is 0 Å².